The van der Waals surface area contributed by atoms with Crippen LogP contribution in [0, 0.1) is 0 Å². The molecule has 6 aromatic carbocycles. The molecule has 0 fully saturated rings. The third-order valence-electron chi connectivity index (χ3n) is 7.36. The average molecular weight is 465 g/mol. The molecule has 36 heavy (non-hydrogen) atoms. The molecular weight excluding hydrogens is 440 g/mol. The predicted octanol–water partition coefficient (Wildman–Crippen LogP) is 8.50. The monoisotopic (exact) mass is 464 g/mol. The Bertz CT molecular complexity index is 1740. The number of fused-ring (bicyclic) bond motifs is 8. The van der Waals surface area contributed by atoms with Gasteiger partial charge in [-0.3, -0.25) is 0 Å². The van der Waals surface area contributed by atoms with E-state index in [0.717, 1.165) is 28.2 Å². The maximum atomic E-state index is 7.07. The van der Waals surface area contributed by atoms with Crippen molar-refractivity contribution in [3.05, 3.63) is 138 Å². The zero-order chi connectivity index (χ0) is 24.1. The summed E-state index contributed by atoms with van der Waals surface area (Å²) < 4.78 is 13.1. The van der Waals surface area contributed by atoms with Crippen molar-refractivity contribution in [2.24, 2.45) is 0 Å². The van der Waals surface area contributed by atoms with Crippen LogP contribution in [0.3, 0.4) is 0 Å². The summed E-state index contributed by atoms with van der Waals surface area (Å²) in [5.74, 6) is 1.50. The number of benzene rings is 6. The van der Waals surface area contributed by atoms with Crippen molar-refractivity contribution in [1.82, 2.24) is 0 Å². The van der Waals surface area contributed by atoms with Gasteiger partial charge in [-0.25, -0.2) is 0 Å². The van der Waals surface area contributed by atoms with E-state index in [2.05, 4.69) is 115 Å². The topological polar surface area (TPSA) is 18.5 Å². The van der Waals surface area contributed by atoms with E-state index in [1.165, 1.54) is 32.3 Å². The van der Waals surface area contributed by atoms with Crippen molar-refractivity contribution in [3.8, 4) is 11.5 Å². The molecular formula is C34H24O2. The molecule has 0 amide bonds. The maximum Gasteiger partial charge on any atom is 0.178 e. The van der Waals surface area contributed by atoms with Gasteiger partial charge in [-0.05, 0) is 45.1 Å². The van der Waals surface area contributed by atoms with Crippen molar-refractivity contribution >= 4 is 38.4 Å². The summed E-state index contributed by atoms with van der Waals surface area (Å²) in [4.78, 5) is 0. The first-order valence-corrected chi connectivity index (χ1v) is 12.2. The quantitative estimate of drug-likeness (QED) is 0.244. The van der Waals surface area contributed by atoms with Gasteiger partial charge < -0.3 is 9.47 Å². The molecule has 6 aromatic rings. The van der Waals surface area contributed by atoms with Crippen LogP contribution >= 0.6 is 0 Å². The first kappa shape index (κ1) is 20.8. The lowest BCUT2D eigenvalue weighted by Gasteiger charge is -2.37. The molecule has 0 spiro atoms. The van der Waals surface area contributed by atoms with E-state index < -0.39 is 5.60 Å². The lowest BCUT2D eigenvalue weighted by atomic mass is 9.82. The molecule has 2 nitrogen and oxygen atoms in total. The minimum Gasteiger partial charge on any atom is -0.493 e. The van der Waals surface area contributed by atoms with E-state index in [4.69, 9.17) is 9.47 Å². The van der Waals surface area contributed by atoms with Crippen LogP contribution in [0.2, 0.25) is 0 Å². The second-order valence-electron chi connectivity index (χ2n) is 9.24. The predicted molar refractivity (Wildman–Crippen MR) is 149 cm³/mol. The molecule has 172 valence electrons. The van der Waals surface area contributed by atoms with E-state index in [0.29, 0.717) is 0 Å². The Kier molecular flexibility index (Phi) is 4.62. The van der Waals surface area contributed by atoms with Crippen molar-refractivity contribution in [2.75, 3.05) is 7.11 Å². The van der Waals surface area contributed by atoms with E-state index in [1.54, 1.807) is 7.11 Å². The minimum atomic E-state index is -0.761. The molecule has 0 saturated carbocycles. The van der Waals surface area contributed by atoms with Gasteiger partial charge >= 0.3 is 0 Å². The molecule has 0 bridgehead atoms. The molecule has 0 radical (unpaired) electrons. The van der Waals surface area contributed by atoms with E-state index in [9.17, 15) is 0 Å². The highest BCUT2D eigenvalue weighted by Gasteiger charge is 2.38. The minimum absolute atomic E-state index is 0.735. The molecule has 0 N–H and O–H groups in total. The zero-order valence-electron chi connectivity index (χ0n) is 19.9. The average Bonchev–Trinajstić information content (AvgIpc) is 2.97. The molecule has 0 atom stereocenters. The third-order valence-corrected chi connectivity index (χ3v) is 7.36. The Labute approximate surface area is 210 Å². The lowest BCUT2D eigenvalue weighted by molar-refractivity contribution is 0.154. The van der Waals surface area contributed by atoms with Crippen molar-refractivity contribution < 1.29 is 9.47 Å². The highest BCUT2D eigenvalue weighted by atomic mass is 16.5. The summed E-state index contributed by atoms with van der Waals surface area (Å²) in [6, 6.07) is 40.2. The summed E-state index contributed by atoms with van der Waals surface area (Å²) in [6.45, 7) is 0. The summed E-state index contributed by atoms with van der Waals surface area (Å²) in [6.07, 6.45) is 4.42. The highest BCUT2D eigenvalue weighted by Crippen LogP contribution is 2.51. The molecule has 1 aliphatic rings. The van der Waals surface area contributed by atoms with Gasteiger partial charge in [0.1, 0.15) is 0 Å². The van der Waals surface area contributed by atoms with Gasteiger partial charge in [0, 0.05) is 22.1 Å². The van der Waals surface area contributed by atoms with Crippen LogP contribution in [0.4, 0.5) is 0 Å². The highest BCUT2D eigenvalue weighted by molar-refractivity contribution is 6.27. The summed E-state index contributed by atoms with van der Waals surface area (Å²) >= 11 is 0. The van der Waals surface area contributed by atoms with E-state index in [1.807, 2.05) is 12.1 Å². The Hall–Kier alpha value is -4.56. The van der Waals surface area contributed by atoms with Crippen molar-refractivity contribution in [2.45, 2.75) is 5.60 Å². The van der Waals surface area contributed by atoms with Crippen LogP contribution in [0.5, 0.6) is 11.5 Å². The number of rotatable bonds is 3. The second-order valence-corrected chi connectivity index (χ2v) is 9.24. The Morgan fingerprint density at radius 2 is 1.08 bits per heavy atom. The van der Waals surface area contributed by atoms with Crippen LogP contribution < -0.4 is 9.47 Å². The Morgan fingerprint density at radius 1 is 0.583 bits per heavy atom. The van der Waals surface area contributed by atoms with Crippen LogP contribution in [-0.4, -0.2) is 7.11 Å². The first-order valence-electron chi connectivity index (χ1n) is 12.2. The van der Waals surface area contributed by atoms with Gasteiger partial charge in [0.25, 0.3) is 0 Å². The summed E-state index contributed by atoms with van der Waals surface area (Å²) in [7, 11) is 1.72. The van der Waals surface area contributed by atoms with Gasteiger partial charge in [-0.2, -0.15) is 0 Å². The van der Waals surface area contributed by atoms with Gasteiger partial charge in [-0.1, -0.05) is 109 Å². The zero-order valence-corrected chi connectivity index (χ0v) is 19.9. The second kappa shape index (κ2) is 8.00. The summed E-state index contributed by atoms with van der Waals surface area (Å²) in [5, 5.41) is 7.26. The van der Waals surface area contributed by atoms with Gasteiger partial charge in [0.2, 0.25) is 0 Å². The number of hydrogen-bond acceptors (Lipinski definition) is 2. The normalized spacial score (nSPS) is 14.0. The molecule has 2 heteroatoms. The first-order chi connectivity index (χ1) is 17.8. The smallest absolute Gasteiger partial charge is 0.178 e. The SMILES string of the molecule is COc1cc2c3ccccc3c3ccccc3c2c2c1OC(c1ccccc1)(c1ccccc1)C=C2. The lowest BCUT2D eigenvalue weighted by Crippen LogP contribution is -2.34. The fraction of sp³-hybridized carbons (Fsp3) is 0.0588. The van der Waals surface area contributed by atoms with Gasteiger partial charge in [0.05, 0.1) is 7.11 Å². The number of hydrogen-bond donors (Lipinski definition) is 0. The maximum absolute atomic E-state index is 7.07. The largest absolute Gasteiger partial charge is 0.493 e. The third kappa shape index (κ3) is 2.91. The van der Waals surface area contributed by atoms with Crippen molar-refractivity contribution in [1.29, 1.82) is 0 Å². The van der Waals surface area contributed by atoms with Crippen LogP contribution in [-0.2, 0) is 5.60 Å². The van der Waals surface area contributed by atoms with Crippen molar-refractivity contribution in [3.63, 3.8) is 0 Å². The van der Waals surface area contributed by atoms with Gasteiger partial charge in [0.15, 0.2) is 17.1 Å². The summed E-state index contributed by atoms with van der Waals surface area (Å²) in [5.41, 5.74) is 2.43. The molecule has 7 rings (SSSR count). The van der Waals surface area contributed by atoms with Crippen LogP contribution in [0.1, 0.15) is 16.7 Å². The van der Waals surface area contributed by atoms with E-state index in [-0.39, 0.29) is 0 Å². The fourth-order valence-corrected chi connectivity index (χ4v) is 5.71. The van der Waals surface area contributed by atoms with Crippen LogP contribution in [0.25, 0.3) is 38.4 Å². The molecule has 0 unspecified atom stereocenters. The Morgan fingerprint density at radius 3 is 1.67 bits per heavy atom. The van der Waals surface area contributed by atoms with Crippen LogP contribution in [0.15, 0.2) is 121 Å². The number of methoxy groups -OCH3 is 1. The van der Waals surface area contributed by atoms with E-state index >= 15 is 0 Å². The molecule has 0 saturated heterocycles. The molecule has 1 heterocycles. The molecule has 1 aliphatic heterocycles. The van der Waals surface area contributed by atoms with Gasteiger partial charge in [-0.15, -0.1) is 0 Å². The Balaban J connectivity index is 1.60. The molecule has 0 aromatic heterocycles. The number of ether oxygens (including phenoxy) is 2. The fourth-order valence-electron chi connectivity index (χ4n) is 5.71. The standard InChI is InChI=1S/C34H24O2/c1-35-31-22-30-27-18-9-8-16-25(27)26-17-10-11-19-28(26)32(30)29-20-21-34(36-33(29)31,23-12-4-2-5-13-23)24-14-6-3-7-15-24/h2-22H,1H3. The molecule has 0 aliphatic carbocycles.